The van der Waals surface area contributed by atoms with E-state index >= 15 is 0 Å². The minimum atomic E-state index is -4.35. The summed E-state index contributed by atoms with van der Waals surface area (Å²) >= 11 is 0. The van der Waals surface area contributed by atoms with Crippen molar-refractivity contribution >= 4 is 27.5 Å². The highest BCUT2D eigenvalue weighted by Gasteiger charge is 2.34. The number of rotatable bonds is 15. The minimum Gasteiger partial charge on any atom is -0.494 e. The largest absolute Gasteiger partial charge is 0.494 e. The number of hydrogen-bond acceptors (Lipinski definition) is 5. The van der Waals surface area contributed by atoms with Gasteiger partial charge in [0.25, 0.3) is 10.0 Å². The third kappa shape index (κ3) is 9.65. The average molecular weight is 660 g/mol. The van der Waals surface area contributed by atoms with E-state index in [1.54, 1.807) is 24.3 Å². The number of aryl methyl sites for hydroxylation is 1. The van der Waals surface area contributed by atoms with Crippen molar-refractivity contribution in [2.75, 3.05) is 24.0 Å². The number of nitrogens with zero attached hydrogens (tertiary/aromatic N) is 2. The maximum atomic E-state index is 14.5. The lowest BCUT2D eigenvalue weighted by atomic mass is 10.0. The number of nitrogens with one attached hydrogen (secondary N) is 1. The Morgan fingerprint density at radius 1 is 0.872 bits per heavy atom. The van der Waals surface area contributed by atoms with Crippen LogP contribution in [0.5, 0.6) is 5.75 Å². The predicted octanol–water partition coefficient (Wildman–Crippen LogP) is 6.14. The second-order valence-corrected chi connectivity index (χ2v) is 13.6. The van der Waals surface area contributed by atoms with E-state index in [9.17, 15) is 22.4 Å². The summed E-state index contributed by atoms with van der Waals surface area (Å²) in [6.07, 6.45) is 0.218. The van der Waals surface area contributed by atoms with Gasteiger partial charge >= 0.3 is 0 Å². The van der Waals surface area contributed by atoms with Crippen LogP contribution in [0, 0.1) is 18.7 Å². The molecule has 10 heteroatoms. The molecular formula is C37H42FN3O5S. The van der Waals surface area contributed by atoms with Crippen LogP contribution in [0.2, 0.25) is 0 Å². The zero-order chi connectivity index (χ0) is 34.0. The second kappa shape index (κ2) is 16.2. The molecule has 0 saturated heterocycles. The predicted molar refractivity (Wildman–Crippen MR) is 182 cm³/mol. The van der Waals surface area contributed by atoms with Crippen LogP contribution in [0.4, 0.5) is 10.1 Å². The first kappa shape index (κ1) is 35.2. The molecule has 0 unspecified atom stereocenters. The van der Waals surface area contributed by atoms with Gasteiger partial charge < -0.3 is 15.0 Å². The van der Waals surface area contributed by atoms with Crippen molar-refractivity contribution < 1.29 is 27.1 Å². The van der Waals surface area contributed by atoms with E-state index in [1.165, 1.54) is 17.0 Å². The Balaban J connectivity index is 1.80. The first-order chi connectivity index (χ1) is 22.5. The van der Waals surface area contributed by atoms with E-state index in [0.717, 1.165) is 33.1 Å². The smallest absolute Gasteiger partial charge is 0.264 e. The highest BCUT2D eigenvalue weighted by Crippen LogP contribution is 2.27. The van der Waals surface area contributed by atoms with E-state index < -0.39 is 34.3 Å². The van der Waals surface area contributed by atoms with Gasteiger partial charge in [0, 0.05) is 19.5 Å². The van der Waals surface area contributed by atoms with Gasteiger partial charge in [0.15, 0.2) is 0 Å². The summed E-state index contributed by atoms with van der Waals surface area (Å²) in [5, 5.41) is 2.99. The highest BCUT2D eigenvalue weighted by atomic mass is 32.2. The number of carbonyl (C=O) groups excluding carboxylic acids is 2. The Hall–Kier alpha value is -4.70. The lowest BCUT2D eigenvalue weighted by molar-refractivity contribution is -0.140. The van der Waals surface area contributed by atoms with E-state index in [2.05, 4.69) is 5.32 Å². The van der Waals surface area contributed by atoms with Crippen molar-refractivity contribution in [2.45, 2.75) is 51.6 Å². The molecule has 0 radical (unpaired) electrons. The third-order valence-electron chi connectivity index (χ3n) is 7.51. The van der Waals surface area contributed by atoms with Crippen LogP contribution < -0.4 is 14.4 Å². The summed E-state index contributed by atoms with van der Waals surface area (Å²) in [4.78, 5) is 29.7. The lowest BCUT2D eigenvalue weighted by Gasteiger charge is -2.34. The summed E-state index contributed by atoms with van der Waals surface area (Å²) in [5.74, 6) is -0.793. The summed E-state index contributed by atoms with van der Waals surface area (Å²) < 4.78 is 48.6. The molecule has 0 bridgehead atoms. The van der Waals surface area contributed by atoms with Gasteiger partial charge in [-0.3, -0.25) is 13.9 Å². The Morgan fingerprint density at radius 3 is 2.15 bits per heavy atom. The van der Waals surface area contributed by atoms with Gasteiger partial charge in [0.05, 0.1) is 17.2 Å². The van der Waals surface area contributed by atoms with Crippen LogP contribution in [0.1, 0.15) is 37.5 Å². The zero-order valence-electron chi connectivity index (χ0n) is 27.2. The van der Waals surface area contributed by atoms with Crippen molar-refractivity contribution in [3.05, 3.63) is 126 Å². The monoisotopic (exact) mass is 659 g/mol. The van der Waals surface area contributed by atoms with Crippen molar-refractivity contribution in [3.63, 3.8) is 0 Å². The number of sulfonamides is 1. The van der Waals surface area contributed by atoms with Gasteiger partial charge in [-0.2, -0.15) is 0 Å². The van der Waals surface area contributed by atoms with Crippen LogP contribution in [-0.2, 0) is 32.6 Å². The van der Waals surface area contributed by atoms with Gasteiger partial charge in [-0.15, -0.1) is 0 Å². The number of anilines is 1. The molecule has 0 heterocycles. The highest BCUT2D eigenvalue weighted by molar-refractivity contribution is 7.92. The maximum absolute atomic E-state index is 14.5. The number of amides is 2. The van der Waals surface area contributed by atoms with Crippen LogP contribution in [0.25, 0.3) is 0 Å². The fraction of sp³-hybridized carbons (Fsp3) is 0.297. The number of hydrogen-bond donors (Lipinski definition) is 1. The first-order valence-electron chi connectivity index (χ1n) is 15.7. The fourth-order valence-electron chi connectivity index (χ4n) is 5.12. The van der Waals surface area contributed by atoms with Crippen molar-refractivity contribution in [1.29, 1.82) is 0 Å². The molecule has 4 aromatic rings. The number of ether oxygens (including phenoxy) is 1. The fourth-order valence-corrected chi connectivity index (χ4v) is 6.54. The van der Waals surface area contributed by atoms with Crippen molar-refractivity contribution in [1.82, 2.24) is 10.2 Å². The maximum Gasteiger partial charge on any atom is 0.264 e. The van der Waals surface area contributed by atoms with Crippen LogP contribution >= 0.6 is 0 Å². The third-order valence-corrected chi connectivity index (χ3v) is 9.30. The number of carbonyl (C=O) groups is 2. The molecule has 4 aromatic carbocycles. The van der Waals surface area contributed by atoms with Gasteiger partial charge in [-0.25, -0.2) is 12.8 Å². The molecule has 8 nitrogen and oxygen atoms in total. The zero-order valence-corrected chi connectivity index (χ0v) is 28.0. The van der Waals surface area contributed by atoms with Gasteiger partial charge in [-0.05, 0) is 79.4 Å². The van der Waals surface area contributed by atoms with E-state index in [0.29, 0.717) is 18.9 Å². The molecule has 0 aliphatic rings. The van der Waals surface area contributed by atoms with E-state index in [4.69, 9.17) is 4.74 Å². The van der Waals surface area contributed by atoms with Crippen LogP contribution in [-0.4, -0.2) is 50.9 Å². The van der Waals surface area contributed by atoms with Crippen molar-refractivity contribution in [2.24, 2.45) is 5.92 Å². The standard InChI is InChI=1S/C37H42FN3O5S/c1-5-46-33-18-16-32(17-19-33)41(47(44,45)34-20-14-31(38)15-21-34)26-36(42)40(25-30-13-9-10-28(4)22-30)35(37(43)39-24-27(2)3)23-29-11-7-6-8-12-29/h6-22,27,35H,5,23-26H2,1-4H3,(H,39,43)/t35-/m1/s1. The van der Waals surface area contributed by atoms with Crippen LogP contribution in [0.15, 0.2) is 108 Å². The first-order valence-corrected chi connectivity index (χ1v) is 17.1. The minimum absolute atomic E-state index is 0.0703. The topological polar surface area (TPSA) is 96.0 Å². The Morgan fingerprint density at radius 2 is 1.53 bits per heavy atom. The molecule has 0 aliphatic heterocycles. The lowest BCUT2D eigenvalue weighted by Crippen LogP contribution is -2.53. The summed E-state index contributed by atoms with van der Waals surface area (Å²) in [6, 6.07) is 26.9. The molecular weight excluding hydrogens is 617 g/mol. The van der Waals surface area contributed by atoms with Gasteiger partial charge in [0.2, 0.25) is 11.8 Å². The summed E-state index contributed by atoms with van der Waals surface area (Å²) in [6.45, 7) is 8.04. The Bertz CT molecular complexity index is 1730. The number of halogens is 1. The molecule has 0 aliphatic carbocycles. The summed E-state index contributed by atoms with van der Waals surface area (Å²) in [7, 11) is -4.35. The average Bonchev–Trinajstić information content (AvgIpc) is 3.05. The molecule has 2 amide bonds. The van der Waals surface area contributed by atoms with E-state index in [1.807, 2.05) is 82.3 Å². The van der Waals surface area contributed by atoms with Gasteiger partial charge in [-0.1, -0.05) is 74.0 Å². The Labute approximate surface area is 277 Å². The van der Waals surface area contributed by atoms with Gasteiger partial charge in [0.1, 0.15) is 24.2 Å². The molecule has 0 spiro atoms. The van der Waals surface area contributed by atoms with Crippen LogP contribution in [0.3, 0.4) is 0 Å². The molecule has 1 N–H and O–H groups in total. The molecule has 0 aromatic heterocycles. The molecule has 248 valence electrons. The quantitative estimate of drug-likeness (QED) is 0.166. The Kier molecular flexibility index (Phi) is 12.1. The molecule has 0 fully saturated rings. The molecule has 0 saturated carbocycles. The summed E-state index contributed by atoms with van der Waals surface area (Å²) in [5.41, 5.74) is 2.84. The SMILES string of the molecule is CCOc1ccc(N(CC(=O)N(Cc2cccc(C)c2)[C@H](Cc2ccccc2)C(=O)NCC(C)C)S(=O)(=O)c2ccc(F)cc2)cc1. The number of benzene rings is 4. The molecule has 47 heavy (non-hydrogen) atoms. The second-order valence-electron chi connectivity index (χ2n) is 11.7. The van der Waals surface area contributed by atoms with Crippen molar-refractivity contribution in [3.8, 4) is 5.75 Å². The molecule has 4 rings (SSSR count). The normalized spacial score (nSPS) is 12.0. The molecule has 1 atom stereocenters. The van der Waals surface area contributed by atoms with E-state index in [-0.39, 0.29) is 35.4 Å².